The normalized spacial score (nSPS) is 12.9. The molecule has 1 unspecified atom stereocenters. The van der Waals surface area contributed by atoms with Crippen LogP contribution in [-0.2, 0) is 4.79 Å². The Bertz CT molecular complexity index is 824. The molecule has 1 heterocycles. The molecule has 0 fully saturated rings. The van der Waals surface area contributed by atoms with Crippen LogP contribution in [0.2, 0.25) is 0 Å². The maximum Gasteiger partial charge on any atom is 0.265 e. The highest BCUT2D eigenvalue weighted by atomic mass is 32.2. The molecule has 1 atom stereocenters. The summed E-state index contributed by atoms with van der Waals surface area (Å²) in [5.74, 6) is 0.0754. The van der Waals surface area contributed by atoms with Crippen molar-refractivity contribution in [3.63, 3.8) is 0 Å². The summed E-state index contributed by atoms with van der Waals surface area (Å²) in [5, 5.41) is 0.273. The largest absolute Gasteiger partial charge is 0.481 e. The molecule has 1 aromatic heterocycles. The van der Waals surface area contributed by atoms with Crippen LogP contribution < -0.4 is 20.3 Å². The number of rotatable bonds is 9. The second-order valence-electron chi connectivity index (χ2n) is 6.30. The average molecular weight is 404 g/mol. The van der Waals surface area contributed by atoms with Crippen LogP contribution in [0.1, 0.15) is 29.8 Å². The number of aldehydes is 1. The number of amides is 1. The predicted octanol–water partition coefficient (Wildman–Crippen LogP) is 2.38. The zero-order valence-corrected chi connectivity index (χ0v) is 17.3. The molecule has 0 bridgehead atoms. The lowest BCUT2D eigenvalue weighted by Gasteiger charge is -2.31. The van der Waals surface area contributed by atoms with Crippen LogP contribution in [0.3, 0.4) is 0 Å². The smallest absolute Gasteiger partial charge is 0.265 e. The van der Waals surface area contributed by atoms with Crippen LogP contribution in [0, 0.1) is 12.8 Å². The number of methoxy groups -OCH3 is 2. The Morgan fingerprint density at radius 1 is 1.18 bits per heavy atom. The first kappa shape index (κ1) is 21.6. The summed E-state index contributed by atoms with van der Waals surface area (Å²) >= 11 is 1.07. The average Bonchev–Trinajstić information content (AvgIpc) is 2.70. The van der Waals surface area contributed by atoms with Crippen LogP contribution in [-0.4, -0.2) is 41.3 Å². The number of aromatic nitrogens is 2. The fourth-order valence-electron chi connectivity index (χ4n) is 2.32. The lowest BCUT2D eigenvalue weighted by Crippen LogP contribution is -2.56. The highest BCUT2D eigenvalue weighted by Crippen LogP contribution is 2.34. The number of nitrogens with one attached hydrogen (secondary N) is 2. The van der Waals surface area contributed by atoms with Gasteiger partial charge in [0.05, 0.1) is 20.3 Å². The van der Waals surface area contributed by atoms with Crippen LogP contribution in [0.4, 0.5) is 0 Å². The molecule has 1 aromatic carbocycles. The van der Waals surface area contributed by atoms with Gasteiger partial charge < -0.3 is 14.3 Å². The molecular formula is C19H24N4O4S. The first-order valence-corrected chi connectivity index (χ1v) is 9.42. The van der Waals surface area contributed by atoms with E-state index in [1.807, 2.05) is 32.9 Å². The summed E-state index contributed by atoms with van der Waals surface area (Å²) in [7, 11) is 2.96. The second kappa shape index (κ2) is 9.52. The van der Waals surface area contributed by atoms with E-state index in [0.717, 1.165) is 23.6 Å². The Morgan fingerprint density at radius 2 is 1.79 bits per heavy atom. The van der Waals surface area contributed by atoms with Crippen LogP contribution >= 0.6 is 11.8 Å². The zero-order valence-electron chi connectivity index (χ0n) is 16.5. The summed E-state index contributed by atoms with van der Waals surface area (Å²) in [6.07, 6.45) is 0.732. The number of hydrazine groups is 1. The number of thioether (sulfide) groups is 1. The first-order valence-electron chi connectivity index (χ1n) is 8.60. The number of carbonyl (C=O) groups excluding carboxylic acids is 2. The highest BCUT2D eigenvalue weighted by Gasteiger charge is 2.37. The number of benzene rings is 1. The van der Waals surface area contributed by atoms with E-state index in [1.165, 1.54) is 20.3 Å². The van der Waals surface area contributed by atoms with Gasteiger partial charge in [-0.15, -0.1) is 0 Å². The fraction of sp³-hybridized carbons (Fsp3) is 0.368. The first-order chi connectivity index (χ1) is 13.3. The standard InChI is InChI=1S/C19H24N4O4S/c1-12(2)19(11-24,23-22-17(25)14-9-7-6-8-13(14)3)28-18-20-15(26-4)10-16(21-18)27-5/h6-12,23H,1-5H3,(H,22,25). The minimum atomic E-state index is -1.20. The predicted molar refractivity (Wildman–Crippen MR) is 106 cm³/mol. The Kier molecular flexibility index (Phi) is 7.36. The van der Waals surface area contributed by atoms with E-state index in [1.54, 1.807) is 12.1 Å². The van der Waals surface area contributed by atoms with E-state index in [4.69, 9.17) is 9.47 Å². The van der Waals surface area contributed by atoms with Crippen LogP contribution in [0.25, 0.3) is 0 Å². The lowest BCUT2D eigenvalue weighted by molar-refractivity contribution is -0.111. The Morgan fingerprint density at radius 3 is 2.29 bits per heavy atom. The minimum Gasteiger partial charge on any atom is -0.481 e. The van der Waals surface area contributed by atoms with Crippen molar-refractivity contribution in [2.24, 2.45) is 5.92 Å². The number of carbonyl (C=O) groups is 2. The van der Waals surface area contributed by atoms with E-state index < -0.39 is 4.87 Å². The molecule has 2 N–H and O–H groups in total. The maximum absolute atomic E-state index is 12.5. The van der Waals surface area contributed by atoms with Gasteiger partial charge in [-0.3, -0.25) is 10.2 Å². The monoisotopic (exact) mass is 404 g/mol. The molecule has 0 saturated heterocycles. The van der Waals surface area contributed by atoms with Crippen molar-refractivity contribution < 1.29 is 19.1 Å². The van der Waals surface area contributed by atoms with Crippen LogP contribution in [0.15, 0.2) is 35.5 Å². The molecule has 1 amide bonds. The van der Waals surface area contributed by atoms with Gasteiger partial charge in [0.2, 0.25) is 11.8 Å². The van der Waals surface area contributed by atoms with Crippen molar-refractivity contribution in [2.45, 2.75) is 30.8 Å². The van der Waals surface area contributed by atoms with Gasteiger partial charge in [0.25, 0.3) is 5.91 Å². The second-order valence-corrected chi connectivity index (χ2v) is 7.54. The molecule has 150 valence electrons. The van der Waals surface area contributed by atoms with Gasteiger partial charge in [-0.2, -0.15) is 9.97 Å². The summed E-state index contributed by atoms with van der Waals surface area (Å²) in [6.45, 7) is 5.55. The van der Waals surface area contributed by atoms with E-state index in [2.05, 4.69) is 20.8 Å². The van der Waals surface area contributed by atoms with E-state index >= 15 is 0 Å². The molecule has 0 spiro atoms. The Hall–Kier alpha value is -2.65. The highest BCUT2D eigenvalue weighted by molar-refractivity contribution is 8.01. The number of nitrogens with zero attached hydrogens (tertiary/aromatic N) is 2. The Balaban J connectivity index is 2.26. The van der Waals surface area contributed by atoms with Gasteiger partial charge in [-0.25, -0.2) is 5.43 Å². The van der Waals surface area contributed by atoms with Crippen molar-refractivity contribution in [3.8, 4) is 11.8 Å². The summed E-state index contributed by atoms with van der Waals surface area (Å²) in [6, 6.07) is 8.73. The number of aryl methyl sites for hydroxylation is 1. The van der Waals surface area contributed by atoms with Gasteiger partial charge in [-0.1, -0.05) is 43.8 Å². The molecule has 9 heteroatoms. The summed E-state index contributed by atoms with van der Waals surface area (Å²) in [4.78, 5) is 31.9. The van der Waals surface area contributed by atoms with Gasteiger partial charge in [-0.05, 0) is 24.5 Å². The molecule has 2 aromatic rings. The van der Waals surface area contributed by atoms with Gasteiger partial charge in [0, 0.05) is 5.56 Å². The van der Waals surface area contributed by atoms with Crippen LogP contribution in [0.5, 0.6) is 11.8 Å². The molecule has 28 heavy (non-hydrogen) atoms. The number of ether oxygens (including phenoxy) is 2. The summed E-state index contributed by atoms with van der Waals surface area (Å²) in [5.41, 5.74) is 6.84. The maximum atomic E-state index is 12.5. The molecule has 8 nitrogen and oxygen atoms in total. The third-order valence-corrected chi connectivity index (χ3v) is 5.50. The van der Waals surface area contributed by atoms with E-state index in [0.29, 0.717) is 17.3 Å². The summed E-state index contributed by atoms with van der Waals surface area (Å²) < 4.78 is 10.3. The van der Waals surface area contributed by atoms with Crippen molar-refractivity contribution in [2.75, 3.05) is 14.2 Å². The quantitative estimate of drug-likeness (QED) is 0.216. The fourth-order valence-corrected chi connectivity index (χ4v) is 3.28. The molecule has 0 saturated carbocycles. The van der Waals surface area contributed by atoms with Crippen molar-refractivity contribution in [3.05, 3.63) is 41.5 Å². The minimum absolute atomic E-state index is 0.201. The van der Waals surface area contributed by atoms with E-state index in [9.17, 15) is 9.59 Å². The van der Waals surface area contributed by atoms with Crippen molar-refractivity contribution >= 4 is 24.0 Å². The third kappa shape index (κ3) is 4.99. The molecule has 0 aliphatic heterocycles. The van der Waals surface area contributed by atoms with Gasteiger partial charge in [0.1, 0.15) is 4.87 Å². The Labute approximate surface area is 168 Å². The SMILES string of the molecule is COc1cc(OC)nc(SC(C=O)(NNC(=O)c2ccccc2C)C(C)C)n1. The van der Waals surface area contributed by atoms with E-state index in [-0.39, 0.29) is 17.0 Å². The van der Waals surface area contributed by atoms with Gasteiger partial charge >= 0.3 is 0 Å². The molecule has 0 radical (unpaired) electrons. The molecule has 0 aliphatic rings. The number of hydrogen-bond acceptors (Lipinski definition) is 8. The third-order valence-electron chi connectivity index (χ3n) is 4.13. The van der Waals surface area contributed by atoms with Crippen molar-refractivity contribution in [1.82, 2.24) is 20.8 Å². The molecule has 2 rings (SSSR count). The van der Waals surface area contributed by atoms with Crippen molar-refractivity contribution in [1.29, 1.82) is 0 Å². The zero-order chi connectivity index (χ0) is 20.7. The topological polar surface area (TPSA) is 102 Å². The number of hydrogen-bond donors (Lipinski definition) is 2. The molecule has 0 aliphatic carbocycles. The molecular weight excluding hydrogens is 380 g/mol. The van der Waals surface area contributed by atoms with Gasteiger partial charge in [0.15, 0.2) is 11.4 Å². The lowest BCUT2D eigenvalue weighted by atomic mass is 10.1.